The number of carbonyl (C=O) groups excluding carboxylic acids is 2. The molecule has 1 unspecified atom stereocenters. The predicted molar refractivity (Wildman–Crippen MR) is 108 cm³/mol. The summed E-state index contributed by atoms with van der Waals surface area (Å²) >= 11 is 0. The lowest BCUT2D eigenvalue weighted by atomic mass is 9.89. The molecule has 1 amide bonds. The van der Waals surface area contributed by atoms with E-state index in [0.29, 0.717) is 24.5 Å². The van der Waals surface area contributed by atoms with E-state index in [-0.39, 0.29) is 11.8 Å². The second-order valence-electron chi connectivity index (χ2n) is 8.32. The third-order valence-corrected chi connectivity index (χ3v) is 4.89. The van der Waals surface area contributed by atoms with Gasteiger partial charge in [0.2, 0.25) is 5.91 Å². The maximum atomic E-state index is 12.0. The highest BCUT2D eigenvalue weighted by Crippen LogP contribution is 2.20. The standard InChI is InChI=1S/C22H43NO2/c1-6-12-20(17-21(24)19(4)5)14-15-22(25)23-16-11-9-7-8-10-13-18(2)3/h18-20H,6-17H2,1-5H3,(H,23,25). The lowest BCUT2D eigenvalue weighted by Crippen LogP contribution is -2.25. The number of Topliss-reactive ketones (excluding diaryl/α,β-unsaturated/α-hetero) is 1. The Bertz CT molecular complexity index is 350. The first kappa shape index (κ1) is 24.1. The van der Waals surface area contributed by atoms with Gasteiger partial charge in [-0.05, 0) is 24.7 Å². The second-order valence-corrected chi connectivity index (χ2v) is 8.32. The third-order valence-electron chi connectivity index (χ3n) is 4.89. The largest absolute Gasteiger partial charge is 0.356 e. The fraction of sp³-hybridized carbons (Fsp3) is 0.909. The molecule has 0 aliphatic heterocycles. The summed E-state index contributed by atoms with van der Waals surface area (Å²) < 4.78 is 0. The first-order chi connectivity index (χ1) is 11.9. The molecule has 0 aromatic rings. The van der Waals surface area contributed by atoms with Crippen molar-refractivity contribution in [3.63, 3.8) is 0 Å². The Morgan fingerprint density at radius 3 is 2.08 bits per heavy atom. The van der Waals surface area contributed by atoms with E-state index >= 15 is 0 Å². The zero-order chi connectivity index (χ0) is 19.1. The maximum Gasteiger partial charge on any atom is 0.220 e. The van der Waals surface area contributed by atoms with E-state index in [1.54, 1.807) is 0 Å². The number of nitrogens with one attached hydrogen (secondary N) is 1. The number of hydrogen-bond donors (Lipinski definition) is 1. The van der Waals surface area contributed by atoms with Crippen LogP contribution in [0.25, 0.3) is 0 Å². The molecule has 0 saturated carbocycles. The fourth-order valence-electron chi connectivity index (χ4n) is 3.14. The Kier molecular flexibility index (Phi) is 14.9. The van der Waals surface area contributed by atoms with Gasteiger partial charge in [0.25, 0.3) is 0 Å². The van der Waals surface area contributed by atoms with Gasteiger partial charge in [-0.1, -0.05) is 79.6 Å². The minimum Gasteiger partial charge on any atom is -0.356 e. The Morgan fingerprint density at radius 2 is 1.48 bits per heavy atom. The van der Waals surface area contributed by atoms with Crippen LogP contribution in [0.4, 0.5) is 0 Å². The van der Waals surface area contributed by atoms with Crippen molar-refractivity contribution in [1.29, 1.82) is 0 Å². The Labute approximate surface area is 156 Å². The summed E-state index contributed by atoms with van der Waals surface area (Å²) in [5, 5.41) is 3.04. The number of unbranched alkanes of at least 4 members (excludes halogenated alkanes) is 4. The number of rotatable bonds is 16. The number of amides is 1. The monoisotopic (exact) mass is 353 g/mol. The van der Waals surface area contributed by atoms with E-state index in [1.165, 1.54) is 32.1 Å². The average Bonchev–Trinajstić information content (AvgIpc) is 2.54. The van der Waals surface area contributed by atoms with E-state index in [2.05, 4.69) is 26.1 Å². The predicted octanol–water partition coefficient (Wildman–Crippen LogP) is 5.91. The smallest absolute Gasteiger partial charge is 0.220 e. The Morgan fingerprint density at radius 1 is 0.840 bits per heavy atom. The van der Waals surface area contributed by atoms with Gasteiger partial charge in [-0.3, -0.25) is 9.59 Å². The van der Waals surface area contributed by atoms with E-state index in [1.807, 2.05) is 13.8 Å². The van der Waals surface area contributed by atoms with Crippen molar-refractivity contribution in [1.82, 2.24) is 5.32 Å². The van der Waals surface area contributed by atoms with Gasteiger partial charge in [-0.2, -0.15) is 0 Å². The molecule has 1 atom stereocenters. The minimum atomic E-state index is 0.105. The molecule has 0 aliphatic carbocycles. The van der Waals surface area contributed by atoms with Gasteiger partial charge in [-0.25, -0.2) is 0 Å². The van der Waals surface area contributed by atoms with Gasteiger partial charge in [0.1, 0.15) is 5.78 Å². The third kappa shape index (κ3) is 15.1. The van der Waals surface area contributed by atoms with E-state index in [4.69, 9.17) is 0 Å². The summed E-state index contributed by atoms with van der Waals surface area (Å²) in [5.41, 5.74) is 0. The molecule has 0 rings (SSSR count). The van der Waals surface area contributed by atoms with E-state index < -0.39 is 0 Å². The molecule has 0 radical (unpaired) electrons. The van der Waals surface area contributed by atoms with Gasteiger partial charge in [0, 0.05) is 25.3 Å². The zero-order valence-electron chi connectivity index (χ0n) is 17.5. The highest BCUT2D eigenvalue weighted by Gasteiger charge is 2.16. The van der Waals surface area contributed by atoms with Gasteiger partial charge >= 0.3 is 0 Å². The van der Waals surface area contributed by atoms with Crippen molar-refractivity contribution < 1.29 is 9.59 Å². The summed E-state index contributed by atoms with van der Waals surface area (Å²) in [6.45, 7) is 11.4. The molecule has 3 heteroatoms. The van der Waals surface area contributed by atoms with Crippen molar-refractivity contribution in [2.45, 2.75) is 105 Å². The summed E-state index contributed by atoms with van der Waals surface area (Å²) in [4.78, 5) is 23.9. The normalized spacial score (nSPS) is 12.6. The molecule has 0 fully saturated rings. The molecule has 0 saturated heterocycles. The van der Waals surface area contributed by atoms with E-state index in [9.17, 15) is 9.59 Å². The fourth-order valence-corrected chi connectivity index (χ4v) is 3.14. The van der Waals surface area contributed by atoms with Crippen molar-refractivity contribution in [2.75, 3.05) is 6.54 Å². The van der Waals surface area contributed by atoms with Crippen LogP contribution in [-0.2, 0) is 9.59 Å². The van der Waals surface area contributed by atoms with Crippen LogP contribution in [0.1, 0.15) is 105 Å². The second kappa shape index (κ2) is 15.4. The van der Waals surface area contributed by atoms with Crippen LogP contribution in [0.15, 0.2) is 0 Å². The molecular weight excluding hydrogens is 310 g/mol. The molecule has 0 spiro atoms. The van der Waals surface area contributed by atoms with E-state index in [0.717, 1.165) is 38.1 Å². The Hall–Kier alpha value is -0.860. The minimum absolute atomic E-state index is 0.105. The molecular formula is C22H43NO2. The average molecular weight is 354 g/mol. The van der Waals surface area contributed by atoms with Crippen LogP contribution in [0.5, 0.6) is 0 Å². The molecule has 3 nitrogen and oxygen atoms in total. The molecule has 0 aromatic carbocycles. The van der Waals surface area contributed by atoms with Crippen LogP contribution in [-0.4, -0.2) is 18.2 Å². The van der Waals surface area contributed by atoms with Gasteiger partial charge in [0.15, 0.2) is 0 Å². The summed E-state index contributed by atoms with van der Waals surface area (Å²) in [7, 11) is 0. The van der Waals surface area contributed by atoms with Crippen LogP contribution in [0.3, 0.4) is 0 Å². The topological polar surface area (TPSA) is 46.2 Å². The van der Waals surface area contributed by atoms with Gasteiger partial charge in [0.05, 0.1) is 0 Å². The lowest BCUT2D eigenvalue weighted by molar-refractivity contribution is -0.124. The van der Waals surface area contributed by atoms with Crippen LogP contribution in [0, 0.1) is 17.8 Å². The molecule has 0 aromatic heterocycles. The first-order valence-corrected chi connectivity index (χ1v) is 10.7. The van der Waals surface area contributed by atoms with Crippen LogP contribution in [0.2, 0.25) is 0 Å². The highest BCUT2D eigenvalue weighted by molar-refractivity contribution is 5.80. The van der Waals surface area contributed by atoms with Crippen LogP contribution < -0.4 is 5.32 Å². The quantitative estimate of drug-likeness (QED) is 0.351. The maximum absolute atomic E-state index is 12.0. The summed E-state index contributed by atoms with van der Waals surface area (Å²) in [6.07, 6.45) is 11.7. The van der Waals surface area contributed by atoms with Crippen LogP contribution >= 0.6 is 0 Å². The molecule has 0 bridgehead atoms. The summed E-state index contributed by atoms with van der Waals surface area (Å²) in [5.74, 6) is 1.77. The van der Waals surface area contributed by atoms with Crippen molar-refractivity contribution in [3.8, 4) is 0 Å². The van der Waals surface area contributed by atoms with Gasteiger partial charge < -0.3 is 5.32 Å². The Balaban J connectivity index is 3.73. The number of carbonyl (C=O) groups is 2. The lowest BCUT2D eigenvalue weighted by Gasteiger charge is -2.16. The van der Waals surface area contributed by atoms with Crippen molar-refractivity contribution >= 4 is 11.7 Å². The highest BCUT2D eigenvalue weighted by atomic mass is 16.1. The number of hydrogen-bond acceptors (Lipinski definition) is 2. The zero-order valence-corrected chi connectivity index (χ0v) is 17.5. The van der Waals surface area contributed by atoms with Crippen molar-refractivity contribution in [2.24, 2.45) is 17.8 Å². The molecule has 1 N–H and O–H groups in total. The molecule has 25 heavy (non-hydrogen) atoms. The molecule has 0 aliphatic rings. The van der Waals surface area contributed by atoms with Crippen molar-refractivity contribution in [3.05, 3.63) is 0 Å². The molecule has 148 valence electrons. The van der Waals surface area contributed by atoms with Gasteiger partial charge in [-0.15, -0.1) is 0 Å². The summed E-state index contributed by atoms with van der Waals surface area (Å²) in [6, 6.07) is 0. The SMILES string of the molecule is CCCC(CCC(=O)NCCCCCCCC(C)C)CC(=O)C(C)C. The first-order valence-electron chi connectivity index (χ1n) is 10.7. The number of ketones is 1. The molecule has 0 heterocycles.